The van der Waals surface area contributed by atoms with E-state index in [0.29, 0.717) is 11.4 Å². The zero-order valence-electron chi connectivity index (χ0n) is 17.1. The minimum atomic E-state index is -3.88. The highest BCUT2D eigenvalue weighted by Crippen LogP contribution is 2.20. The Hall–Kier alpha value is -3.65. The second-order valence-corrected chi connectivity index (χ2v) is 9.24. The van der Waals surface area contributed by atoms with Crippen LogP contribution in [0, 0.1) is 6.92 Å². The van der Waals surface area contributed by atoms with Gasteiger partial charge in [0, 0.05) is 7.05 Å². The quantitative estimate of drug-likeness (QED) is 0.522. The second kappa shape index (κ2) is 7.88. The summed E-state index contributed by atoms with van der Waals surface area (Å²) < 4.78 is 28.6. The molecule has 0 radical (unpaired) electrons. The van der Waals surface area contributed by atoms with E-state index in [-0.39, 0.29) is 10.6 Å². The Morgan fingerprint density at radius 3 is 2.29 bits per heavy atom. The molecule has 31 heavy (non-hydrogen) atoms. The fourth-order valence-electron chi connectivity index (χ4n) is 3.50. The van der Waals surface area contributed by atoms with Gasteiger partial charge in [-0.1, -0.05) is 48.5 Å². The van der Waals surface area contributed by atoms with Gasteiger partial charge in [-0.25, -0.2) is 13.1 Å². The standard InChI is InChI=1S/C23H21N3O4S/c1-16-22(23(28)26(25(16)2)19-10-4-3-5-11-19)24-21(27)15-31(29,30)20-13-12-17-8-6-7-9-18(17)14-20/h3-14H,15H2,1-2H3,(H,24,27). The Balaban J connectivity index is 1.61. The maximum Gasteiger partial charge on any atom is 0.295 e. The van der Waals surface area contributed by atoms with Gasteiger partial charge in [-0.3, -0.25) is 14.3 Å². The molecule has 0 saturated carbocycles. The first kappa shape index (κ1) is 20.6. The van der Waals surface area contributed by atoms with Gasteiger partial charge >= 0.3 is 0 Å². The monoisotopic (exact) mass is 435 g/mol. The zero-order valence-corrected chi connectivity index (χ0v) is 17.9. The summed E-state index contributed by atoms with van der Waals surface area (Å²) in [6, 6.07) is 21.1. The average Bonchev–Trinajstić information content (AvgIpc) is 2.96. The number of rotatable bonds is 5. The smallest absolute Gasteiger partial charge is 0.295 e. The van der Waals surface area contributed by atoms with Gasteiger partial charge in [0.2, 0.25) is 5.91 Å². The number of sulfone groups is 1. The van der Waals surface area contributed by atoms with Crippen molar-refractivity contribution in [2.75, 3.05) is 11.1 Å². The van der Waals surface area contributed by atoms with E-state index >= 15 is 0 Å². The van der Waals surface area contributed by atoms with Gasteiger partial charge < -0.3 is 5.32 Å². The number of benzene rings is 3. The van der Waals surface area contributed by atoms with Crippen LogP contribution in [0.4, 0.5) is 5.69 Å². The van der Waals surface area contributed by atoms with Crippen LogP contribution in [0.25, 0.3) is 16.5 Å². The Morgan fingerprint density at radius 2 is 1.58 bits per heavy atom. The highest BCUT2D eigenvalue weighted by Gasteiger charge is 2.23. The number of hydrogen-bond acceptors (Lipinski definition) is 4. The molecule has 8 heteroatoms. The molecule has 1 amide bonds. The van der Waals surface area contributed by atoms with Gasteiger partial charge in [0.05, 0.1) is 16.3 Å². The fourth-order valence-corrected chi connectivity index (χ4v) is 4.67. The largest absolute Gasteiger partial charge is 0.319 e. The van der Waals surface area contributed by atoms with Crippen LogP contribution in [0.2, 0.25) is 0 Å². The Labute approximate surface area is 179 Å². The summed E-state index contributed by atoms with van der Waals surface area (Å²) >= 11 is 0. The first-order valence-electron chi connectivity index (χ1n) is 9.63. The highest BCUT2D eigenvalue weighted by molar-refractivity contribution is 7.92. The minimum absolute atomic E-state index is 0.0602. The third-order valence-electron chi connectivity index (χ3n) is 5.22. The third kappa shape index (κ3) is 3.89. The van der Waals surface area contributed by atoms with Gasteiger partial charge in [0.25, 0.3) is 5.56 Å². The van der Waals surface area contributed by atoms with Gasteiger partial charge in [-0.15, -0.1) is 0 Å². The van der Waals surface area contributed by atoms with Crippen molar-refractivity contribution in [2.45, 2.75) is 11.8 Å². The fraction of sp³-hybridized carbons (Fsp3) is 0.130. The minimum Gasteiger partial charge on any atom is -0.319 e. The number of carbonyl (C=O) groups is 1. The number of carbonyl (C=O) groups excluding carboxylic acids is 1. The third-order valence-corrected chi connectivity index (χ3v) is 6.83. The predicted molar refractivity (Wildman–Crippen MR) is 120 cm³/mol. The molecule has 0 aliphatic rings. The lowest BCUT2D eigenvalue weighted by Gasteiger charge is -2.07. The first-order chi connectivity index (χ1) is 14.8. The number of hydrogen-bond donors (Lipinski definition) is 1. The normalized spacial score (nSPS) is 11.5. The van der Waals surface area contributed by atoms with E-state index in [4.69, 9.17) is 0 Å². The average molecular weight is 436 g/mol. The molecule has 4 aromatic rings. The molecule has 1 aromatic heterocycles. The van der Waals surface area contributed by atoms with Crippen molar-refractivity contribution in [3.63, 3.8) is 0 Å². The molecule has 1 N–H and O–H groups in total. The molecule has 4 rings (SSSR count). The van der Waals surface area contributed by atoms with Crippen LogP contribution in [0.3, 0.4) is 0 Å². The van der Waals surface area contributed by atoms with E-state index in [2.05, 4.69) is 5.32 Å². The van der Waals surface area contributed by atoms with E-state index in [1.807, 2.05) is 30.3 Å². The SMILES string of the molecule is Cc1c(NC(=O)CS(=O)(=O)c2ccc3ccccc3c2)c(=O)n(-c2ccccc2)n1C. The van der Waals surface area contributed by atoms with E-state index in [1.54, 1.807) is 55.1 Å². The van der Waals surface area contributed by atoms with Crippen molar-refractivity contribution >= 4 is 32.2 Å². The maximum atomic E-state index is 12.9. The summed E-state index contributed by atoms with van der Waals surface area (Å²) in [5.41, 5.74) is 0.792. The highest BCUT2D eigenvalue weighted by atomic mass is 32.2. The van der Waals surface area contributed by atoms with Gasteiger partial charge in [-0.2, -0.15) is 0 Å². The van der Waals surface area contributed by atoms with Crippen LogP contribution in [0.5, 0.6) is 0 Å². The number of nitrogens with one attached hydrogen (secondary N) is 1. The van der Waals surface area contributed by atoms with Gasteiger partial charge in [0.1, 0.15) is 11.4 Å². The summed E-state index contributed by atoms with van der Waals surface area (Å²) in [6.07, 6.45) is 0. The van der Waals surface area contributed by atoms with Gasteiger partial charge in [0.15, 0.2) is 9.84 Å². The van der Waals surface area contributed by atoms with Crippen molar-refractivity contribution in [2.24, 2.45) is 7.05 Å². The van der Waals surface area contributed by atoms with Crippen LogP contribution in [-0.4, -0.2) is 29.4 Å². The van der Waals surface area contributed by atoms with E-state index < -0.39 is 27.1 Å². The van der Waals surface area contributed by atoms with Crippen LogP contribution >= 0.6 is 0 Å². The molecule has 0 fully saturated rings. The Morgan fingerprint density at radius 1 is 0.935 bits per heavy atom. The predicted octanol–water partition coefficient (Wildman–Crippen LogP) is 3.05. The molecule has 0 aliphatic heterocycles. The summed E-state index contributed by atoms with van der Waals surface area (Å²) in [6.45, 7) is 1.69. The van der Waals surface area contributed by atoms with Crippen LogP contribution in [-0.2, 0) is 21.7 Å². The number of fused-ring (bicyclic) bond motifs is 1. The first-order valence-corrected chi connectivity index (χ1v) is 11.3. The number of para-hydroxylation sites is 1. The molecule has 0 unspecified atom stereocenters. The van der Waals surface area contributed by atoms with E-state index in [0.717, 1.165) is 10.8 Å². The Bertz CT molecular complexity index is 1450. The molecule has 1 heterocycles. The molecule has 158 valence electrons. The second-order valence-electron chi connectivity index (χ2n) is 7.25. The van der Waals surface area contributed by atoms with Crippen molar-refractivity contribution in [1.29, 1.82) is 0 Å². The molecule has 0 atom stereocenters. The Kier molecular flexibility index (Phi) is 5.24. The zero-order chi connectivity index (χ0) is 22.2. The van der Waals surface area contributed by atoms with E-state index in [9.17, 15) is 18.0 Å². The number of nitrogens with zero attached hydrogens (tertiary/aromatic N) is 2. The molecule has 0 bridgehead atoms. The van der Waals surface area contributed by atoms with Crippen molar-refractivity contribution in [3.05, 3.63) is 88.8 Å². The lowest BCUT2D eigenvalue weighted by molar-refractivity contribution is -0.113. The molecule has 0 saturated heterocycles. The molecular formula is C23H21N3O4S. The molecular weight excluding hydrogens is 414 g/mol. The maximum absolute atomic E-state index is 12.9. The summed E-state index contributed by atoms with van der Waals surface area (Å²) in [5.74, 6) is -1.52. The lowest BCUT2D eigenvalue weighted by atomic mass is 10.1. The van der Waals surface area contributed by atoms with Gasteiger partial charge in [-0.05, 0) is 42.0 Å². The molecule has 0 spiro atoms. The number of aromatic nitrogens is 2. The van der Waals surface area contributed by atoms with E-state index in [1.165, 1.54) is 10.7 Å². The van der Waals surface area contributed by atoms with Crippen molar-refractivity contribution in [3.8, 4) is 5.69 Å². The summed E-state index contributed by atoms with van der Waals surface area (Å²) in [7, 11) is -2.18. The lowest BCUT2D eigenvalue weighted by Crippen LogP contribution is -2.27. The molecule has 3 aromatic carbocycles. The summed E-state index contributed by atoms with van der Waals surface area (Å²) in [5, 5.41) is 4.18. The number of amides is 1. The van der Waals surface area contributed by atoms with Crippen LogP contribution < -0.4 is 10.9 Å². The molecule has 0 aliphatic carbocycles. The topological polar surface area (TPSA) is 90.2 Å². The van der Waals surface area contributed by atoms with Crippen LogP contribution in [0.1, 0.15) is 5.69 Å². The van der Waals surface area contributed by atoms with Crippen LogP contribution in [0.15, 0.2) is 82.5 Å². The molecule has 7 nitrogen and oxygen atoms in total. The van der Waals surface area contributed by atoms with Crippen molar-refractivity contribution < 1.29 is 13.2 Å². The summed E-state index contributed by atoms with van der Waals surface area (Å²) in [4.78, 5) is 25.5. The van der Waals surface area contributed by atoms with Crippen molar-refractivity contribution in [1.82, 2.24) is 9.36 Å². The number of anilines is 1.